The molecule has 0 N–H and O–H groups in total. The Labute approximate surface area is 51.6 Å². The van der Waals surface area contributed by atoms with Crippen molar-refractivity contribution in [3.8, 4) is 0 Å². The molecule has 0 spiro atoms. The average Bonchev–Trinajstić information content (AvgIpc) is 1.62. The maximum atomic E-state index is 2.23. The zero-order chi connectivity index (χ0) is 5.66. The van der Waals surface area contributed by atoms with Gasteiger partial charge in [0.05, 0.1) is 0 Å². The molecule has 0 saturated carbocycles. The van der Waals surface area contributed by atoms with Gasteiger partial charge in [0.1, 0.15) is 0 Å². The maximum absolute atomic E-state index is 2.23. The molecule has 0 bridgehead atoms. The van der Waals surface area contributed by atoms with Crippen LogP contribution in [-0.2, 0) is 0 Å². The van der Waals surface area contributed by atoms with Crippen LogP contribution in [0, 0.1) is 12.8 Å². The Kier molecular flexibility index (Phi) is 2.72. The van der Waals surface area contributed by atoms with E-state index in [1.54, 1.807) is 0 Å². The van der Waals surface area contributed by atoms with E-state index < -0.39 is 0 Å². The van der Waals surface area contributed by atoms with E-state index in [4.69, 9.17) is 0 Å². The summed E-state index contributed by atoms with van der Waals surface area (Å²) in [6.07, 6.45) is 14.0. The molecule has 0 aromatic heterocycles. The molecule has 0 saturated heterocycles. The van der Waals surface area contributed by atoms with Crippen LogP contribution < -0.4 is 0 Å². The highest BCUT2D eigenvalue weighted by Crippen LogP contribution is 2.08. The smallest absolute Gasteiger partial charge is 0.0137 e. The quantitative estimate of drug-likeness (QED) is 0.447. The minimum atomic E-state index is 1.27. The van der Waals surface area contributed by atoms with Crippen molar-refractivity contribution in [2.45, 2.75) is 25.7 Å². The second kappa shape index (κ2) is 3.71. The Morgan fingerprint density at radius 2 is 1.88 bits per heavy atom. The lowest BCUT2D eigenvalue weighted by atomic mass is 10.1. The molecule has 0 aromatic rings. The molecule has 0 amide bonds. The van der Waals surface area contributed by atoms with E-state index in [0.29, 0.717) is 0 Å². The molecule has 8 heavy (non-hydrogen) atoms. The van der Waals surface area contributed by atoms with Gasteiger partial charge >= 0.3 is 0 Å². The van der Waals surface area contributed by atoms with E-state index in [2.05, 4.69) is 25.0 Å². The summed E-state index contributed by atoms with van der Waals surface area (Å²) in [5.41, 5.74) is 0. The van der Waals surface area contributed by atoms with Crippen LogP contribution in [0.25, 0.3) is 0 Å². The van der Waals surface area contributed by atoms with E-state index in [0.717, 1.165) is 0 Å². The van der Waals surface area contributed by atoms with Crippen LogP contribution in [0.1, 0.15) is 25.7 Å². The summed E-state index contributed by atoms with van der Waals surface area (Å²) in [5, 5.41) is 0. The molecule has 0 nitrogen and oxygen atoms in total. The van der Waals surface area contributed by atoms with Gasteiger partial charge in [-0.25, -0.2) is 0 Å². The van der Waals surface area contributed by atoms with Crippen LogP contribution in [0.4, 0.5) is 0 Å². The van der Waals surface area contributed by atoms with Crippen molar-refractivity contribution in [3.63, 3.8) is 0 Å². The molecule has 0 fully saturated rings. The number of allylic oxidation sites excluding steroid dienone is 2. The zero-order valence-electron chi connectivity index (χ0n) is 5.14. The summed E-state index contributed by atoms with van der Waals surface area (Å²) in [4.78, 5) is 0. The first-order chi connectivity index (χ1) is 4.00. The number of rotatable bonds is 0. The SMILES string of the molecule is [CH]1[CH]CCCC/C=C\1. The molecule has 0 atom stereocenters. The van der Waals surface area contributed by atoms with Crippen molar-refractivity contribution in [1.29, 1.82) is 0 Å². The van der Waals surface area contributed by atoms with E-state index in [1.165, 1.54) is 25.7 Å². The first-order valence-electron chi connectivity index (χ1n) is 3.32. The molecule has 1 aliphatic rings. The van der Waals surface area contributed by atoms with Gasteiger partial charge in [-0.15, -0.1) is 0 Å². The topological polar surface area (TPSA) is 0 Å². The summed E-state index contributed by atoms with van der Waals surface area (Å²) in [6.45, 7) is 0. The second-order valence-electron chi connectivity index (χ2n) is 2.14. The summed E-state index contributed by atoms with van der Waals surface area (Å²) in [5.74, 6) is 0. The molecular formula is C8H12. The van der Waals surface area contributed by atoms with Crippen LogP contribution in [0.15, 0.2) is 12.2 Å². The third kappa shape index (κ3) is 2.15. The van der Waals surface area contributed by atoms with Crippen LogP contribution in [-0.4, -0.2) is 0 Å². The van der Waals surface area contributed by atoms with Gasteiger partial charge in [0, 0.05) is 0 Å². The van der Waals surface area contributed by atoms with Crippen molar-refractivity contribution in [2.24, 2.45) is 0 Å². The average molecular weight is 108 g/mol. The molecule has 0 aromatic carbocycles. The monoisotopic (exact) mass is 108 g/mol. The molecule has 1 aliphatic carbocycles. The Morgan fingerprint density at radius 1 is 1.00 bits per heavy atom. The van der Waals surface area contributed by atoms with Crippen LogP contribution in [0.5, 0.6) is 0 Å². The Hall–Kier alpha value is -0.260. The molecule has 0 unspecified atom stereocenters. The Bertz CT molecular complexity index is 62.1. The van der Waals surface area contributed by atoms with Crippen LogP contribution in [0.2, 0.25) is 0 Å². The number of hydrogen-bond donors (Lipinski definition) is 0. The Balaban J connectivity index is 2.17. The van der Waals surface area contributed by atoms with E-state index in [9.17, 15) is 0 Å². The fourth-order valence-electron chi connectivity index (χ4n) is 0.874. The first kappa shape index (κ1) is 5.87. The highest BCUT2D eigenvalue weighted by molar-refractivity contribution is 5.03. The number of hydrogen-bond acceptors (Lipinski definition) is 0. The fourth-order valence-corrected chi connectivity index (χ4v) is 0.874. The van der Waals surface area contributed by atoms with E-state index in [1.807, 2.05) is 0 Å². The van der Waals surface area contributed by atoms with Gasteiger partial charge in [-0.05, 0) is 32.1 Å². The maximum Gasteiger partial charge on any atom is -0.0137 e. The van der Waals surface area contributed by atoms with Crippen LogP contribution >= 0.6 is 0 Å². The first-order valence-corrected chi connectivity index (χ1v) is 3.32. The third-order valence-corrected chi connectivity index (χ3v) is 1.37. The summed E-state index contributed by atoms with van der Waals surface area (Å²) in [6, 6.07) is 0. The zero-order valence-corrected chi connectivity index (χ0v) is 5.14. The highest BCUT2D eigenvalue weighted by Gasteiger charge is 1.90. The molecule has 0 heterocycles. The van der Waals surface area contributed by atoms with Gasteiger partial charge in [-0.1, -0.05) is 18.6 Å². The van der Waals surface area contributed by atoms with Crippen LogP contribution in [0.3, 0.4) is 0 Å². The third-order valence-electron chi connectivity index (χ3n) is 1.37. The predicted octanol–water partition coefficient (Wildman–Crippen LogP) is 2.53. The van der Waals surface area contributed by atoms with Gasteiger partial charge in [0.25, 0.3) is 0 Å². The highest BCUT2D eigenvalue weighted by atomic mass is 14.0. The van der Waals surface area contributed by atoms with E-state index >= 15 is 0 Å². The largest absolute Gasteiger partial charge is 0.0882 e. The van der Waals surface area contributed by atoms with Gasteiger partial charge in [-0.2, -0.15) is 0 Å². The molecule has 1 rings (SSSR count). The normalized spacial score (nSPS) is 26.0. The molecular weight excluding hydrogens is 96.1 g/mol. The van der Waals surface area contributed by atoms with Crippen molar-refractivity contribution >= 4 is 0 Å². The van der Waals surface area contributed by atoms with Crippen molar-refractivity contribution < 1.29 is 0 Å². The predicted molar refractivity (Wildman–Crippen MR) is 36.2 cm³/mol. The minimum Gasteiger partial charge on any atom is -0.0882 e. The summed E-state index contributed by atoms with van der Waals surface area (Å²) in [7, 11) is 0. The molecule has 2 radical (unpaired) electrons. The molecule has 44 valence electrons. The lowest BCUT2D eigenvalue weighted by molar-refractivity contribution is 0.736. The van der Waals surface area contributed by atoms with Crippen molar-refractivity contribution in [3.05, 3.63) is 25.0 Å². The fraction of sp³-hybridized carbons (Fsp3) is 0.500. The van der Waals surface area contributed by atoms with Gasteiger partial charge in [0.15, 0.2) is 0 Å². The molecule has 0 heteroatoms. The summed E-state index contributed by atoms with van der Waals surface area (Å²) >= 11 is 0. The van der Waals surface area contributed by atoms with Crippen molar-refractivity contribution in [2.75, 3.05) is 0 Å². The minimum absolute atomic E-state index is 1.27. The van der Waals surface area contributed by atoms with Gasteiger partial charge in [-0.3, -0.25) is 0 Å². The van der Waals surface area contributed by atoms with E-state index in [-0.39, 0.29) is 0 Å². The lowest BCUT2D eigenvalue weighted by Crippen LogP contribution is -1.81. The Morgan fingerprint density at radius 3 is 2.88 bits per heavy atom. The standard InChI is InChI=1S/C8H12/c1-2-4-6-8-7-5-3-1/h1-4H,5-8H2/b3-1-. The lowest BCUT2D eigenvalue weighted by Gasteiger charge is -1.99. The second-order valence-corrected chi connectivity index (χ2v) is 2.14. The van der Waals surface area contributed by atoms with Gasteiger partial charge < -0.3 is 0 Å². The van der Waals surface area contributed by atoms with Crippen molar-refractivity contribution in [1.82, 2.24) is 0 Å². The van der Waals surface area contributed by atoms with Gasteiger partial charge in [0.2, 0.25) is 0 Å². The summed E-state index contributed by atoms with van der Waals surface area (Å²) < 4.78 is 0. The molecule has 0 aliphatic heterocycles.